The minimum atomic E-state index is -0.243. The van der Waals surface area contributed by atoms with E-state index < -0.39 is 0 Å². The smallest absolute Gasteiger partial charge is 0.236 e. The number of nitrogens with zero attached hydrogens (tertiary/aromatic N) is 3. The molecule has 1 aliphatic carbocycles. The summed E-state index contributed by atoms with van der Waals surface area (Å²) in [6.07, 6.45) is 0.852. The summed E-state index contributed by atoms with van der Waals surface area (Å²) in [6, 6.07) is 6.48. The summed E-state index contributed by atoms with van der Waals surface area (Å²) in [5.41, 5.74) is 1.05. The Hall–Kier alpha value is -1.95. The molecule has 0 radical (unpaired) electrons. The maximum absolute atomic E-state index is 13.0. The summed E-state index contributed by atoms with van der Waals surface area (Å²) in [4.78, 5) is 30.8. The summed E-state index contributed by atoms with van der Waals surface area (Å²) < 4.78 is 13.0. The van der Waals surface area contributed by atoms with Crippen LogP contribution in [0.3, 0.4) is 0 Å². The molecule has 3 rings (SSSR count). The molecule has 142 valence electrons. The lowest BCUT2D eigenvalue weighted by molar-refractivity contribution is -0.136. The molecule has 2 aliphatic rings. The zero-order chi connectivity index (χ0) is 18.7. The van der Waals surface area contributed by atoms with Gasteiger partial charge >= 0.3 is 0 Å². The molecule has 2 atom stereocenters. The fraction of sp³-hybridized carbons (Fsp3) is 0.600. The number of halogens is 1. The van der Waals surface area contributed by atoms with E-state index in [-0.39, 0.29) is 29.5 Å². The van der Waals surface area contributed by atoms with Gasteiger partial charge in [-0.25, -0.2) is 4.39 Å². The van der Waals surface area contributed by atoms with Crippen LogP contribution in [0, 0.1) is 11.7 Å². The van der Waals surface area contributed by atoms with Crippen LogP contribution in [0.2, 0.25) is 0 Å². The van der Waals surface area contributed by atoms with Crippen molar-refractivity contribution in [2.24, 2.45) is 5.92 Å². The lowest BCUT2D eigenvalue weighted by Crippen LogP contribution is -2.52. The number of amides is 2. The molecule has 5 nitrogen and oxygen atoms in total. The summed E-state index contributed by atoms with van der Waals surface area (Å²) in [5.74, 6) is 0.379. The number of likely N-dealkylation sites (N-methyl/N-ethyl adjacent to an activating group) is 1. The van der Waals surface area contributed by atoms with Crippen molar-refractivity contribution in [2.45, 2.75) is 26.2 Å². The Morgan fingerprint density at radius 3 is 2.27 bits per heavy atom. The molecule has 1 heterocycles. The van der Waals surface area contributed by atoms with Crippen molar-refractivity contribution in [3.8, 4) is 0 Å². The Kier molecular flexibility index (Phi) is 5.91. The summed E-state index contributed by atoms with van der Waals surface area (Å²) >= 11 is 0. The maximum Gasteiger partial charge on any atom is 0.236 e. The monoisotopic (exact) mass is 361 g/mol. The van der Waals surface area contributed by atoms with Gasteiger partial charge in [0.1, 0.15) is 5.82 Å². The minimum absolute atomic E-state index is 0.0318. The van der Waals surface area contributed by atoms with Crippen LogP contribution in [-0.2, 0) is 9.59 Å². The fourth-order valence-electron chi connectivity index (χ4n) is 3.77. The number of hydrogen-bond donors (Lipinski definition) is 0. The van der Waals surface area contributed by atoms with E-state index in [1.165, 1.54) is 12.1 Å². The molecule has 1 saturated heterocycles. The first-order valence-corrected chi connectivity index (χ1v) is 9.57. The average Bonchev–Trinajstić information content (AvgIpc) is 3.44. The second-order valence-electron chi connectivity index (χ2n) is 7.17. The number of carbonyl (C=O) groups excluding carboxylic acids is 2. The van der Waals surface area contributed by atoms with Gasteiger partial charge in [-0.2, -0.15) is 0 Å². The normalized spacial score (nSPS) is 23.0. The van der Waals surface area contributed by atoms with E-state index >= 15 is 0 Å². The van der Waals surface area contributed by atoms with Gasteiger partial charge in [-0.1, -0.05) is 12.1 Å². The van der Waals surface area contributed by atoms with Crippen LogP contribution in [0.25, 0.3) is 0 Å². The van der Waals surface area contributed by atoms with Crippen LogP contribution in [0.4, 0.5) is 4.39 Å². The number of carbonyl (C=O) groups is 2. The van der Waals surface area contributed by atoms with Crippen molar-refractivity contribution in [3.63, 3.8) is 0 Å². The third-order valence-corrected chi connectivity index (χ3v) is 5.56. The molecule has 1 aromatic rings. The van der Waals surface area contributed by atoms with Crippen molar-refractivity contribution in [2.75, 3.05) is 45.8 Å². The molecule has 0 spiro atoms. The average molecular weight is 361 g/mol. The quantitative estimate of drug-likeness (QED) is 0.778. The lowest BCUT2D eigenvalue weighted by Gasteiger charge is -2.35. The van der Waals surface area contributed by atoms with Crippen LogP contribution < -0.4 is 0 Å². The molecule has 2 unspecified atom stereocenters. The Labute approximate surface area is 154 Å². The van der Waals surface area contributed by atoms with Crippen LogP contribution >= 0.6 is 0 Å². The zero-order valence-electron chi connectivity index (χ0n) is 15.7. The third-order valence-electron chi connectivity index (χ3n) is 5.56. The van der Waals surface area contributed by atoms with E-state index in [4.69, 9.17) is 0 Å². The van der Waals surface area contributed by atoms with Crippen molar-refractivity contribution in [1.29, 1.82) is 0 Å². The molecule has 2 fully saturated rings. The van der Waals surface area contributed by atoms with Gasteiger partial charge in [0, 0.05) is 45.2 Å². The minimum Gasteiger partial charge on any atom is -0.342 e. The van der Waals surface area contributed by atoms with Crippen LogP contribution in [0.1, 0.15) is 31.7 Å². The second kappa shape index (κ2) is 8.16. The van der Waals surface area contributed by atoms with E-state index in [0.29, 0.717) is 19.6 Å². The van der Waals surface area contributed by atoms with Gasteiger partial charge in [-0.3, -0.25) is 14.5 Å². The fourth-order valence-corrected chi connectivity index (χ4v) is 3.77. The van der Waals surface area contributed by atoms with Crippen molar-refractivity contribution in [1.82, 2.24) is 14.7 Å². The molecule has 26 heavy (non-hydrogen) atoms. The zero-order valence-corrected chi connectivity index (χ0v) is 15.7. The first kappa shape index (κ1) is 18.8. The molecule has 0 N–H and O–H groups in total. The Morgan fingerprint density at radius 2 is 1.69 bits per heavy atom. The maximum atomic E-state index is 13.0. The number of hydrogen-bond acceptors (Lipinski definition) is 3. The van der Waals surface area contributed by atoms with E-state index in [0.717, 1.165) is 38.2 Å². The summed E-state index contributed by atoms with van der Waals surface area (Å²) in [6.45, 7) is 8.73. The van der Waals surface area contributed by atoms with Gasteiger partial charge in [0.05, 0.1) is 6.54 Å². The molecule has 1 aliphatic heterocycles. The first-order valence-electron chi connectivity index (χ1n) is 9.57. The molecule has 1 aromatic carbocycles. The molecule has 1 saturated carbocycles. The number of rotatable bonds is 6. The molecular weight excluding hydrogens is 333 g/mol. The van der Waals surface area contributed by atoms with Gasteiger partial charge in [-0.15, -0.1) is 0 Å². The van der Waals surface area contributed by atoms with Gasteiger partial charge in [-0.05, 0) is 43.9 Å². The molecular formula is C20H28FN3O2. The first-order chi connectivity index (χ1) is 12.5. The van der Waals surface area contributed by atoms with E-state index in [2.05, 4.69) is 4.90 Å². The summed E-state index contributed by atoms with van der Waals surface area (Å²) in [7, 11) is 0. The Balaban J connectivity index is 1.46. The Morgan fingerprint density at radius 1 is 1.08 bits per heavy atom. The molecule has 0 aromatic heterocycles. The van der Waals surface area contributed by atoms with E-state index in [9.17, 15) is 14.0 Å². The second-order valence-corrected chi connectivity index (χ2v) is 7.17. The highest BCUT2D eigenvalue weighted by Gasteiger charge is 2.46. The largest absolute Gasteiger partial charge is 0.342 e. The van der Waals surface area contributed by atoms with E-state index in [1.807, 2.05) is 23.6 Å². The van der Waals surface area contributed by atoms with Gasteiger partial charge in [0.15, 0.2) is 0 Å². The lowest BCUT2D eigenvalue weighted by atomic mass is 10.1. The topological polar surface area (TPSA) is 43.9 Å². The van der Waals surface area contributed by atoms with Crippen molar-refractivity contribution in [3.05, 3.63) is 35.6 Å². The number of benzene rings is 1. The van der Waals surface area contributed by atoms with Gasteiger partial charge in [0.25, 0.3) is 0 Å². The van der Waals surface area contributed by atoms with Crippen molar-refractivity contribution >= 4 is 11.8 Å². The molecule has 6 heteroatoms. The predicted octanol–water partition coefficient (Wildman–Crippen LogP) is 1.94. The van der Waals surface area contributed by atoms with Gasteiger partial charge in [0.2, 0.25) is 11.8 Å². The predicted molar refractivity (Wildman–Crippen MR) is 98.2 cm³/mol. The SMILES string of the molecule is CCN(CC)C(=O)CN1CCN(C(=O)C2CC2c2ccc(F)cc2)CC1. The summed E-state index contributed by atoms with van der Waals surface area (Å²) in [5, 5.41) is 0. The number of piperazine rings is 1. The molecule has 2 amide bonds. The van der Waals surface area contributed by atoms with Crippen LogP contribution in [0.15, 0.2) is 24.3 Å². The van der Waals surface area contributed by atoms with Crippen molar-refractivity contribution < 1.29 is 14.0 Å². The Bertz CT molecular complexity index is 637. The third kappa shape index (κ3) is 4.23. The van der Waals surface area contributed by atoms with Gasteiger partial charge < -0.3 is 9.80 Å². The highest BCUT2D eigenvalue weighted by molar-refractivity contribution is 5.83. The standard InChI is InChI=1S/C20H28FN3O2/c1-3-23(4-2)19(25)14-22-9-11-24(12-10-22)20(26)18-13-17(18)15-5-7-16(21)8-6-15/h5-8,17-18H,3-4,9-14H2,1-2H3. The van der Waals surface area contributed by atoms with Crippen LogP contribution in [-0.4, -0.2) is 72.3 Å². The highest BCUT2D eigenvalue weighted by atomic mass is 19.1. The van der Waals surface area contributed by atoms with E-state index in [1.54, 1.807) is 12.1 Å². The molecule has 0 bridgehead atoms. The van der Waals surface area contributed by atoms with Crippen LogP contribution in [0.5, 0.6) is 0 Å². The highest BCUT2D eigenvalue weighted by Crippen LogP contribution is 2.48.